The molecule has 0 aromatic heterocycles. The number of benzene rings is 2. The first-order valence-corrected chi connectivity index (χ1v) is 15.6. The highest BCUT2D eigenvalue weighted by molar-refractivity contribution is 6.30. The Bertz CT molecular complexity index is 1220. The summed E-state index contributed by atoms with van der Waals surface area (Å²) in [6.07, 6.45) is 9.01. The maximum absolute atomic E-state index is 14.0. The van der Waals surface area contributed by atoms with Gasteiger partial charge in [0.2, 0.25) is 17.7 Å². The Hall–Kier alpha value is -2.90. The number of carbonyl (C=O) groups excluding carboxylic acids is 3. The normalized spacial score (nSPS) is 21.4. The Kier molecular flexibility index (Phi) is 9.66. The molecule has 2 aromatic rings. The smallest absolute Gasteiger partial charge is 0.245 e. The van der Waals surface area contributed by atoms with E-state index >= 15 is 0 Å². The Balaban J connectivity index is 1.29. The first-order valence-electron chi connectivity index (χ1n) is 15.3. The van der Waals surface area contributed by atoms with Gasteiger partial charge in [-0.2, -0.15) is 0 Å². The Morgan fingerprint density at radius 3 is 2.44 bits per heavy atom. The van der Waals surface area contributed by atoms with E-state index < -0.39 is 6.04 Å². The summed E-state index contributed by atoms with van der Waals surface area (Å²) >= 11 is 6.11. The molecule has 1 aliphatic carbocycles. The average Bonchev–Trinajstić information content (AvgIpc) is 2.98. The van der Waals surface area contributed by atoms with Crippen LogP contribution in [0.3, 0.4) is 0 Å². The van der Waals surface area contributed by atoms with Crippen LogP contribution in [0.15, 0.2) is 48.5 Å². The number of hydrogen-bond donors (Lipinski definition) is 3. The SMILES string of the molecule is CC(=O)NC1(C2CCCCC2)CCN(C(=O)C(Cc2ccc(Cl)cc2)NC(=O)CC2NCCc3ccccc32)CC1. The van der Waals surface area contributed by atoms with Gasteiger partial charge in [0.25, 0.3) is 0 Å². The van der Waals surface area contributed by atoms with Crippen molar-refractivity contribution in [1.29, 1.82) is 0 Å². The van der Waals surface area contributed by atoms with Gasteiger partial charge in [0.1, 0.15) is 6.04 Å². The van der Waals surface area contributed by atoms with Gasteiger partial charge in [-0.05, 0) is 73.4 Å². The third-order valence-electron chi connectivity index (χ3n) is 9.37. The van der Waals surface area contributed by atoms with E-state index in [-0.39, 0.29) is 35.7 Å². The maximum Gasteiger partial charge on any atom is 0.245 e. The van der Waals surface area contributed by atoms with Crippen LogP contribution < -0.4 is 16.0 Å². The lowest BCUT2D eigenvalue weighted by Crippen LogP contribution is -2.61. The maximum atomic E-state index is 14.0. The molecule has 2 heterocycles. The van der Waals surface area contributed by atoms with E-state index in [1.807, 2.05) is 41.3 Å². The van der Waals surface area contributed by atoms with E-state index in [1.165, 1.54) is 24.8 Å². The molecular weight excluding hydrogens is 536 g/mol. The molecule has 0 bridgehead atoms. The van der Waals surface area contributed by atoms with Gasteiger partial charge in [-0.3, -0.25) is 14.4 Å². The monoisotopic (exact) mass is 578 g/mol. The van der Waals surface area contributed by atoms with Gasteiger partial charge in [-0.1, -0.05) is 67.3 Å². The number of nitrogens with one attached hydrogen (secondary N) is 3. The van der Waals surface area contributed by atoms with E-state index in [9.17, 15) is 14.4 Å². The highest BCUT2D eigenvalue weighted by atomic mass is 35.5. The number of amides is 3. The number of likely N-dealkylation sites (tertiary alicyclic amines) is 1. The molecule has 0 radical (unpaired) electrons. The average molecular weight is 579 g/mol. The van der Waals surface area contributed by atoms with Crippen molar-refractivity contribution in [2.75, 3.05) is 19.6 Å². The number of halogens is 1. The number of fused-ring (bicyclic) bond motifs is 1. The van der Waals surface area contributed by atoms with Gasteiger partial charge in [-0.25, -0.2) is 0 Å². The third-order valence-corrected chi connectivity index (χ3v) is 9.62. The molecule has 3 N–H and O–H groups in total. The summed E-state index contributed by atoms with van der Waals surface area (Å²) in [6, 6.07) is 15.0. The van der Waals surface area contributed by atoms with Crippen LogP contribution in [0, 0.1) is 5.92 Å². The molecule has 3 aliphatic rings. The second-order valence-electron chi connectivity index (χ2n) is 12.1. The summed E-state index contributed by atoms with van der Waals surface area (Å²) < 4.78 is 0. The van der Waals surface area contributed by atoms with E-state index in [0.29, 0.717) is 30.5 Å². The summed E-state index contributed by atoms with van der Waals surface area (Å²) in [6.45, 7) is 3.56. The van der Waals surface area contributed by atoms with Gasteiger partial charge in [0.05, 0.1) is 0 Å². The largest absolute Gasteiger partial charge is 0.350 e. The van der Waals surface area contributed by atoms with Gasteiger partial charge in [0, 0.05) is 49.5 Å². The molecule has 1 saturated heterocycles. The number of nitrogens with zero attached hydrogens (tertiary/aromatic N) is 1. The van der Waals surface area contributed by atoms with Gasteiger partial charge in [-0.15, -0.1) is 0 Å². The van der Waals surface area contributed by atoms with Crippen LogP contribution in [0.5, 0.6) is 0 Å². The van der Waals surface area contributed by atoms with Crippen molar-refractivity contribution >= 4 is 29.3 Å². The van der Waals surface area contributed by atoms with Gasteiger partial charge >= 0.3 is 0 Å². The molecule has 2 aromatic carbocycles. The lowest BCUT2D eigenvalue weighted by atomic mass is 9.69. The molecule has 8 heteroatoms. The first-order chi connectivity index (χ1) is 19.8. The lowest BCUT2D eigenvalue weighted by molar-refractivity contribution is -0.139. The standard InChI is InChI=1S/C33H43ClN4O3/c1-23(39)37-33(26-8-3-2-4-9-26)16-19-38(20-17-33)32(41)30(21-24-11-13-27(34)14-12-24)36-31(40)22-29-28-10-6-5-7-25(28)15-18-35-29/h5-7,10-14,26,29-30,35H,2-4,8-9,15-22H2,1H3,(H,36,40)(H,37,39). The van der Waals surface area contributed by atoms with Gasteiger partial charge in [0.15, 0.2) is 0 Å². The van der Waals surface area contributed by atoms with Crippen LogP contribution in [0.4, 0.5) is 0 Å². The minimum Gasteiger partial charge on any atom is -0.350 e. The molecule has 220 valence electrons. The Morgan fingerprint density at radius 1 is 1.02 bits per heavy atom. The van der Waals surface area contributed by atoms with Gasteiger partial charge < -0.3 is 20.9 Å². The third kappa shape index (κ3) is 7.31. The Labute approximate surface area is 248 Å². The second-order valence-corrected chi connectivity index (χ2v) is 12.5. The van der Waals surface area contributed by atoms with Crippen molar-refractivity contribution in [3.05, 3.63) is 70.2 Å². The van der Waals surface area contributed by atoms with E-state index in [4.69, 9.17) is 11.6 Å². The molecule has 2 atom stereocenters. The molecule has 5 rings (SSSR count). The van der Waals surface area contributed by atoms with Crippen LogP contribution in [-0.2, 0) is 27.2 Å². The molecule has 41 heavy (non-hydrogen) atoms. The topological polar surface area (TPSA) is 90.5 Å². The van der Waals surface area contributed by atoms with Crippen molar-refractivity contribution in [2.45, 2.75) is 88.8 Å². The van der Waals surface area contributed by atoms with Crippen LogP contribution in [-0.4, -0.2) is 53.8 Å². The zero-order chi connectivity index (χ0) is 28.8. The number of carbonyl (C=O) groups is 3. The molecule has 2 aliphatic heterocycles. The second kappa shape index (κ2) is 13.4. The fraction of sp³-hybridized carbons (Fsp3) is 0.545. The highest BCUT2D eigenvalue weighted by Crippen LogP contribution is 2.39. The van der Waals surface area contributed by atoms with Crippen LogP contribution >= 0.6 is 11.6 Å². The van der Waals surface area contributed by atoms with E-state index in [1.54, 1.807) is 6.92 Å². The molecule has 2 unspecified atom stereocenters. The number of hydrogen-bond acceptors (Lipinski definition) is 4. The van der Waals surface area contributed by atoms with Crippen molar-refractivity contribution < 1.29 is 14.4 Å². The fourth-order valence-corrected chi connectivity index (χ4v) is 7.38. The van der Waals surface area contributed by atoms with E-state index in [2.05, 4.69) is 28.1 Å². The van der Waals surface area contributed by atoms with Crippen molar-refractivity contribution in [2.24, 2.45) is 5.92 Å². The molecule has 0 spiro atoms. The van der Waals surface area contributed by atoms with Crippen LogP contribution in [0.25, 0.3) is 0 Å². The minimum absolute atomic E-state index is 0.00104. The summed E-state index contributed by atoms with van der Waals surface area (Å²) in [5, 5.41) is 10.5. The molecule has 3 amide bonds. The minimum atomic E-state index is -0.676. The van der Waals surface area contributed by atoms with Crippen LogP contribution in [0.2, 0.25) is 5.02 Å². The summed E-state index contributed by atoms with van der Waals surface area (Å²) in [4.78, 5) is 41.5. The zero-order valence-corrected chi connectivity index (χ0v) is 24.8. The Morgan fingerprint density at radius 2 is 1.73 bits per heavy atom. The van der Waals surface area contributed by atoms with Crippen molar-refractivity contribution in [1.82, 2.24) is 20.9 Å². The number of piperidine rings is 1. The zero-order valence-electron chi connectivity index (χ0n) is 24.1. The van der Waals surface area contributed by atoms with Crippen molar-refractivity contribution in [3.63, 3.8) is 0 Å². The summed E-state index contributed by atoms with van der Waals surface area (Å²) in [7, 11) is 0. The molecule has 1 saturated carbocycles. The predicted octanol–water partition coefficient (Wildman–Crippen LogP) is 4.72. The highest BCUT2D eigenvalue weighted by Gasteiger charge is 2.44. The molecular formula is C33H43ClN4O3. The van der Waals surface area contributed by atoms with Crippen LogP contribution in [0.1, 0.15) is 81.0 Å². The summed E-state index contributed by atoms with van der Waals surface area (Å²) in [5.41, 5.74) is 3.12. The first kappa shape index (κ1) is 29.6. The molecule has 7 nitrogen and oxygen atoms in total. The molecule has 2 fully saturated rings. The predicted molar refractivity (Wildman–Crippen MR) is 162 cm³/mol. The van der Waals surface area contributed by atoms with E-state index in [0.717, 1.165) is 49.8 Å². The fourth-order valence-electron chi connectivity index (χ4n) is 7.26. The quantitative estimate of drug-likeness (QED) is 0.423. The summed E-state index contributed by atoms with van der Waals surface area (Å²) in [5.74, 6) is 0.248. The lowest BCUT2D eigenvalue weighted by Gasteiger charge is -2.48. The number of rotatable bonds is 8. The van der Waals surface area contributed by atoms with Crippen molar-refractivity contribution in [3.8, 4) is 0 Å².